The van der Waals surface area contributed by atoms with Crippen molar-refractivity contribution in [3.8, 4) is 0 Å². The molecule has 10 nitrogen and oxygen atoms in total. The van der Waals surface area contributed by atoms with Gasteiger partial charge in [-0.3, -0.25) is 24.6 Å². The largest absolute Gasteiger partial charge is 0.447 e. The highest BCUT2D eigenvalue weighted by Crippen LogP contribution is 2.44. The van der Waals surface area contributed by atoms with Gasteiger partial charge in [0.05, 0.1) is 17.9 Å². The average molecular weight is 495 g/mol. The summed E-state index contributed by atoms with van der Waals surface area (Å²) >= 11 is 0. The van der Waals surface area contributed by atoms with E-state index in [2.05, 4.69) is 10.6 Å². The molecule has 190 valence electrons. The number of ether oxygens (including phenoxy) is 2. The maximum absolute atomic E-state index is 13.3. The number of para-hydroxylation sites is 1. The zero-order chi connectivity index (χ0) is 25.7. The smallest absolute Gasteiger partial charge is 0.411 e. The molecule has 2 aliphatic heterocycles. The molecule has 1 atom stereocenters. The number of hydrogen-bond donors (Lipinski definition) is 2. The Morgan fingerprint density at radius 2 is 1.78 bits per heavy atom. The van der Waals surface area contributed by atoms with Crippen molar-refractivity contribution in [2.45, 2.75) is 38.3 Å². The van der Waals surface area contributed by atoms with E-state index >= 15 is 0 Å². The van der Waals surface area contributed by atoms with Crippen molar-refractivity contribution in [2.24, 2.45) is 0 Å². The second-order valence-corrected chi connectivity index (χ2v) is 8.91. The van der Waals surface area contributed by atoms with Crippen molar-refractivity contribution in [2.75, 3.05) is 42.4 Å². The molecule has 0 spiro atoms. The molecule has 0 bridgehead atoms. The maximum atomic E-state index is 13.3. The zero-order valence-corrected chi connectivity index (χ0v) is 20.4. The fourth-order valence-electron chi connectivity index (χ4n) is 4.71. The number of rotatable bonds is 9. The van der Waals surface area contributed by atoms with Gasteiger partial charge in [-0.05, 0) is 50.1 Å². The summed E-state index contributed by atoms with van der Waals surface area (Å²) in [5.74, 6) is -0.351. The lowest BCUT2D eigenvalue weighted by molar-refractivity contribution is -0.118. The fraction of sp³-hybridized carbons (Fsp3) is 0.385. The SMILES string of the molecule is COCCOC(=O)Nc1cccc(NC(=O)CCCN2C(=O)c3ccccc3N3C(=O)CCC23C)c1. The molecule has 0 radical (unpaired) electrons. The van der Waals surface area contributed by atoms with Crippen LogP contribution >= 0.6 is 0 Å². The van der Waals surface area contributed by atoms with Crippen molar-refractivity contribution >= 4 is 40.9 Å². The predicted octanol–water partition coefficient (Wildman–Crippen LogP) is 3.60. The number of nitrogens with one attached hydrogen (secondary N) is 2. The van der Waals surface area contributed by atoms with Crippen LogP contribution < -0.4 is 15.5 Å². The van der Waals surface area contributed by atoms with Crippen LogP contribution in [-0.4, -0.2) is 61.2 Å². The number of carbonyl (C=O) groups excluding carboxylic acids is 4. The first-order valence-corrected chi connectivity index (χ1v) is 11.9. The molecule has 4 rings (SSSR count). The number of amides is 4. The molecule has 1 fully saturated rings. The third kappa shape index (κ3) is 5.18. The quantitative estimate of drug-likeness (QED) is 0.515. The molecule has 2 aromatic carbocycles. The van der Waals surface area contributed by atoms with Crippen LogP contribution in [0.4, 0.5) is 21.9 Å². The van der Waals surface area contributed by atoms with Crippen LogP contribution in [0.25, 0.3) is 0 Å². The van der Waals surface area contributed by atoms with Gasteiger partial charge in [-0.2, -0.15) is 0 Å². The van der Waals surface area contributed by atoms with Crippen LogP contribution in [0.3, 0.4) is 0 Å². The fourth-order valence-corrected chi connectivity index (χ4v) is 4.71. The van der Waals surface area contributed by atoms with Gasteiger partial charge in [0.1, 0.15) is 12.3 Å². The Labute approximate surface area is 209 Å². The molecule has 2 aliphatic rings. The van der Waals surface area contributed by atoms with Gasteiger partial charge < -0.3 is 19.7 Å². The number of hydrogen-bond acceptors (Lipinski definition) is 6. The van der Waals surface area contributed by atoms with Crippen molar-refractivity contribution in [1.29, 1.82) is 0 Å². The predicted molar refractivity (Wildman–Crippen MR) is 134 cm³/mol. The van der Waals surface area contributed by atoms with E-state index in [-0.39, 0.29) is 30.7 Å². The van der Waals surface area contributed by atoms with Gasteiger partial charge in [-0.25, -0.2) is 4.79 Å². The van der Waals surface area contributed by atoms with E-state index in [0.29, 0.717) is 55.0 Å². The Hall–Kier alpha value is -3.92. The van der Waals surface area contributed by atoms with Crippen molar-refractivity contribution in [3.05, 3.63) is 54.1 Å². The average Bonchev–Trinajstić information content (AvgIpc) is 3.16. The van der Waals surface area contributed by atoms with E-state index in [9.17, 15) is 19.2 Å². The standard InChI is InChI=1S/C26H30N4O6/c1-26-13-12-23(32)30(26)21-10-4-3-9-20(21)24(33)29(26)14-6-11-22(31)27-18-7-5-8-19(17-18)28-25(34)36-16-15-35-2/h3-5,7-10,17H,6,11-16H2,1-2H3,(H,27,31)(H,28,34). The van der Waals surface area contributed by atoms with Gasteiger partial charge in [0.25, 0.3) is 5.91 Å². The summed E-state index contributed by atoms with van der Waals surface area (Å²) in [7, 11) is 1.52. The molecule has 1 unspecified atom stereocenters. The van der Waals surface area contributed by atoms with Crippen LogP contribution in [0.15, 0.2) is 48.5 Å². The van der Waals surface area contributed by atoms with Crippen molar-refractivity contribution in [1.82, 2.24) is 4.90 Å². The Balaban J connectivity index is 1.34. The molecule has 4 amide bonds. The summed E-state index contributed by atoms with van der Waals surface area (Å²) < 4.78 is 9.81. The Kier molecular flexibility index (Phi) is 7.54. The number of anilines is 3. The number of carbonyl (C=O) groups is 4. The molecule has 1 saturated heterocycles. The summed E-state index contributed by atoms with van der Waals surface area (Å²) in [6.45, 7) is 2.68. The molecule has 2 N–H and O–H groups in total. The van der Waals surface area contributed by atoms with Gasteiger partial charge >= 0.3 is 6.09 Å². The van der Waals surface area contributed by atoms with Crippen LogP contribution in [0, 0.1) is 0 Å². The highest BCUT2D eigenvalue weighted by atomic mass is 16.6. The van der Waals surface area contributed by atoms with E-state index in [1.807, 2.05) is 19.1 Å². The maximum Gasteiger partial charge on any atom is 0.411 e. The Morgan fingerprint density at radius 3 is 2.56 bits per heavy atom. The summed E-state index contributed by atoms with van der Waals surface area (Å²) in [4.78, 5) is 53.8. The molecule has 36 heavy (non-hydrogen) atoms. The molecule has 0 saturated carbocycles. The van der Waals surface area contributed by atoms with Crippen LogP contribution in [0.1, 0.15) is 43.0 Å². The summed E-state index contributed by atoms with van der Waals surface area (Å²) in [6, 6.07) is 13.9. The normalized spacial score (nSPS) is 18.5. The molecule has 10 heteroatoms. The van der Waals surface area contributed by atoms with E-state index in [1.54, 1.807) is 46.2 Å². The molecule has 0 aromatic heterocycles. The number of methoxy groups -OCH3 is 1. The minimum atomic E-state index is -0.739. The second-order valence-electron chi connectivity index (χ2n) is 8.91. The lowest BCUT2D eigenvalue weighted by Gasteiger charge is -2.48. The summed E-state index contributed by atoms with van der Waals surface area (Å²) in [5.41, 5.74) is 1.41. The van der Waals surface area contributed by atoms with Gasteiger partial charge in [0.2, 0.25) is 11.8 Å². The van der Waals surface area contributed by atoms with Crippen molar-refractivity contribution < 1.29 is 28.7 Å². The van der Waals surface area contributed by atoms with E-state index in [1.165, 1.54) is 7.11 Å². The first kappa shape index (κ1) is 25.2. The van der Waals surface area contributed by atoms with Gasteiger partial charge in [-0.15, -0.1) is 0 Å². The zero-order valence-electron chi connectivity index (χ0n) is 20.4. The van der Waals surface area contributed by atoms with Gasteiger partial charge in [0.15, 0.2) is 0 Å². The van der Waals surface area contributed by atoms with E-state index in [4.69, 9.17) is 9.47 Å². The third-order valence-electron chi connectivity index (χ3n) is 6.44. The Morgan fingerprint density at radius 1 is 1.03 bits per heavy atom. The van der Waals surface area contributed by atoms with Crippen molar-refractivity contribution in [3.63, 3.8) is 0 Å². The third-order valence-corrected chi connectivity index (χ3v) is 6.44. The molecular formula is C26H30N4O6. The van der Waals surface area contributed by atoms with Gasteiger partial charge in [-0.1, -0.05) is 18.2 Å². The van der Waals surface area contributed by atoms with E-state index in [0.717, 1.165) is 0 Å². The molecule has 2 heterocycles. The highest BCUT2D eigenvalue weighted by Gasteiger charge is 2.52. The summed E-state index contributed by atoms with van der Waals surface area (Å²) in [5, 5.41) is 5.41. The molecule has 0 aliphatic carbocycles. The molecule has 2 aromatic rings. The minimum Gasteiger partial charge on any atom is -0.447 e. The summed E-state index contributed by atoms with van der Waals surface area (Å²) in [6.07, 6.45) is 0.926. The first-order valence-electron chi connectivity index (χ1n) is 11.9. The number of nitrogens with zero attached hydrogens (tertiary/aromatic N) is 2. The minimum absolute atomic E-state index is 0.00346. The topological polar surface area (TPSA) is 117 Å². The van der Waals surface area contributed by atoms with Crippen LogP contribution in [0.2, 0.25) is 0 Å². The van der Waals surface area contributed by atoms with Crippen LogP contribution in [0.5, 0.6) is 0 Å². The monoisotopic (exact) mass is 494 g/mol. The van der Waals surface area contributed by atoms with Gasteiger partial charge in [0, 0.05) is 37.9 Å². The number of benzene rings is 2. The molecular weight excluding hydrogens is 464 g/mol. The highest BCUT2D eigenvalue weighted by molar-refractivity contribution is 6.10. The lowest BCUT2D eigenvalue weighted by atomic mass is 9.98. The van der Waals surface area contributed by atoms with Crippen LogP contribution in [-0.2, 0) is 19.1 Å². The first-order chi connectivity index (χ1) is 17.3. The Bertz CT molecular complexity index is 1170. The second kappa shape index (κ2) is 10.8. The van der Waals surface area contributed by atoms with E-state index < -0.39 is 11.8 Å². The number of fused-ring (bicyclic) bond motifs is 3. The lowest BCUT2D eigenvalue weighted by Crippen LogP contribution is -2.62.